The first-order chi connectivity index (χ1) is 8.61. The van der Waals surface area contributed by atoms with Crippen molar-refractivity contribution in [3.8, 4) is 0 Å². The van der Waals surface area contributed by atoms with Crippen LogP contribution >= 0.6 is 0 Å². The van der Waals surface area contributed by atoms with Gasteiger partial charge in [0.2, 0.25) is 0 Å². The third-order valence-electron chi connectivity index (χ3n) is 3.88. The summed E-state index contributed by atoms with van der Waals surface area (Å²) in [6, 6.07) is 0. The Morgan fingerprint density at radius 1 is 0.632 bits per heavy atom. The van der Waals surface area contributed by atoms with Gasteiger partial charge < -0.3 is 19.8 Å². The van der Waals surface area contributed by atoms with Crippen LogP contribution in [0.1, 0.15) is 64.2 Å². The summed E-state index contributed by atoms with van der Waals surface area (Å²) in [4.78, 5) is 20.5. The first-order valence-electron chi connectivity index (χ1n) is 7.03. The first kappa shape index (κ1) is 18.5. The number of aliphatic carboxylic acids is 2. The molecule has 0 heterocycles. The van der Waals surface area contributed by atoms with Gasteiger partial charge in [-0.05, 0) is 37.5 Å². The van der Waals surface area contributed by atoms with Gasteiger partial charge >= 0.3 is 17.1 Å². The van der Waals surface area contributed by atoms with Gasteiger partial charge in [0.25, 0.3) is 0 Å². The van der Waals surface area contributed by atoms with Gasteiger partial charge in [-0.2, -0.15) is 0 Å². The van der Waals surface area contributed by atoms with E-state index in [0.29, 0.717) is 0 Å². The number of hydrogen-bond donors (Lipinski definition) is 0. The zero-order chi connectivity index (χ0) is 13.4. The number of rotatable bonds is 2. The maximum atomic E-state index is 10.2. The monoisotopic (exact) mass is 309 g/mol. The van der Waals surface area contributed by atoms with E-state index in [2.05, 4.69) is 0 Å². The molecular formula is C14H22MnO4. The molecule has 109 valence electrons. The SMILES string of the molecule is O=C([O-])C1CCCCC1.O=C([O-])C1CCCCC1.[Mn+2]. The van der Waals surface area contributed by atoms with Gasteiger partial charge in [-0.15, -0.1) is 0 Å². The number of carboxylic acid groups (broad SMARTS) is 2. The van der Waals surface area contributed by atoms with Crippen molar-refractivity contribution in [2.75, 3.05) is 0 Å². The molecule has 2 rings (SSSR count). The topological polar surface area (TPSA) is 80.3 Å². The second-order valence-corrected chi connectivity index (χ2v) is 5.31. The zero-order valence-corrected chi connectivity index (χ0v) is 12.4. The van der Waals surface area contributed by atoms with E-state index in [-0.39, 0.29) is 28.9 Å². The first-order valence-corrected chi connectivity index (χ1v) is 7.03. The maximum absolute atomic E-state index is 10.2. The summed E-state index contributed by atoms with van der Waals surface area (Å²) in [7, 11) is 0. The smallest absolute Gasteiger partial charge is 0.550 e. The van der Waals surface area contributed by atoms with Crippen LogP contribution in [-0.2, 0) is 26.7 Å². The largest absolute Gasteiger partial charge is 2.00 e. The predicted molar refractivity (Wildman–Crippen MR) is 63.2 cm³/mol. The van der Waals surface area contributed by atoms with Crippen LogP contribution in [0.2, 0.25) is 0 Å². The van der Waals surface area contributed by atoms with Crippen LogP contribution in [0.25, 0.3) is 0 Å². The summed E-state index contributed by atoms with van der Waals surface area (Å²) in [6.45, 7) is 0. The Bertz CT molecular complexity index is 241. The van der Waals surface area contributed by atoms with E-state index in [9.17, 15) is 19.8 Å². The van der Waals surface area contributed by atoms with E-state index in [4.69, 9.17) is 0 Å². The molecule has 2 aliphatic rings. The molecule has 0 atom stereocenters. The Hall–Kier alpha value is -0.541. The normalized spacial score (nSPS) is 20.6. The van der Waals surface area contributed by atoms with Crippen molar-refractivity contribution in [1.29, 1.82) is 0 Å². The molecule has 5 heteroatoms. The van der Waals surface area contributed by atoms with Crippen LogP contribution in [0.3, 0.4) is 0 Å². The van der Waals surface area contributed by atoms with Crippen LogP contribution in [0, 0.1) is 11.8 Å². The average molecular weight is 309 g/mol. The van der Waals surface area contributed by atoms with Crippen molar-refractivity contribution in [2.45, 2.75) is 64.2 Å². The molecule has 0 aromatic rings. The number of carbonyl (C=O) groups is 2. The van der Waals surface area contributed by atoms with E-state index >= 15 is 0 Å². The third kappa shape index (κ3) is 7.58. The molecule has 1 radical (unpaired) electrons. The number of carbonyl (C=O) groups excluding carboxylic acids is 2. The molecule has 4 nitrogen and oxygen atoms in total. The summed E-state index contributed by atoms with van der Waals surface area (Å²) < 4.78 is 0. The van der Waals surface area contributed by atoms with E-state index in [1.807, 2.05) is 0 Å². The maximum Gasteiger partial charge on any atom is 2.00 e. The summed E-state index contributed by atoms with van der Waals surface area (Å²) in [6.07, 6.45) is 10.0. The molecule has 0 bridgehead atoms. The molecule has 2 aliphatic carbocycles. The molecule has 0 aromatic heterocycles. The van der Waals surface area contributed by atoms with Crippen molar-refractivity contribution in [1.82, 2.24) is 0 Å². The molecule has 0 saturated heterocycles. The predicted octanol–water partition coefficient (Wildman–Crippen LogP) is 0.631. The second-order valence-electron chi connectivity index (χ2n) is 5.31. The van der Waals surface area contributed by atoms with Crippen molar-refractivity contribution < 1.29 is 36.9 Å². The van der Waals surface area contributed by atoms with Crippen LogP contribution in [0.5, 0.6) is 0 Å². The molecule has 0 unspecified atom stereocenters. The van der Waals surface area contributed by atoms with Crippen LogP contribution < -0.4 is 10.2 Å². The quantitative estimate of drug-likeness (QED) is 0.701. The number of carboxylic acids is 2. The summed E-state index contributed by atoms with van der Waals surface area (Å²) >= 11 is 0. The van der Waals surface area contributed by atoms with Gasteiger partial charge in [-0.25, -0.2) is 0 Å². The summed E-state index contributed by atoms with van der Waals surface area (Å²) in [5, 5.41) is 20.5. The van der Waals surface area contributed by atoms with E-state index in [1.165, 1.54) is 12.8 Å². The molecule has 2 saturated carbocycles. The molecule has 2 fully saturated rings. The van der Waals surface area contributed by atoms with E-state index < -0.39 is 11.9 Å². The number of hydrogen-bond acceptors (Lipinski definition) is 4. The Morgan fingerprint density at radius 3 is 1.05 bits per heavy atom. The van der Waals surface area contributed by atoms with Gasteiger partial charge in [0.1, 0.15) is 0 Å². The third-order valence-corrected chi connectivity index (χ3v) is 3.88. The Balaban J connectivity index is 0.000000324. The molecule has 0 aliphatic heterocycles. The van der Waals surface area contributed by atoms with E-state index in [0.717, 1.165) is 51.4 Å². The standard InChI is InChI=1S/2C7H12O2.Mn/c2*8-7(9)6-4-2-1-3-5-6;/h2*6H,1-5H2,(H,8,9);/q;;+2/p-2. The minimum absolute atomic E-state index is 0. The fraction of sp³-hybridized carbons (Fsp3) is 0.857. The Kier molecular flexibility index (Phi) is 9.98. The fourth-order valence-corrected chi connectivity index (χ4v) is 2.68. The van der Waals surface area contributed by atoms with E-state index in [1.54, 1.807) is 0 Å². The molecule has 0 spiro atoms. The van der Waals surface area contributed by atoms with Gasteiger partial charge in [0, 0.05) is 11.9 Å². The average Bonchev–Trinajstić information content (AvgIpc) is 2.41. The Labute approximate surface area is 125 Å². The fourth-order valence-electron chi connectivity index (χ4n) is 2.68. The van der Waals surface area contributed by atoms with Crippen molar-refractivity contribution in [3.05, 3.63) is 0 Å². The van der Waals surface area contributed by atoms with Gasteiger partial charge in [0.15, 0.2) is 0 Å². The van der Waals surface area contributed by atoms with Crippen LogP contribution in [0.15, 0.2) is 0 Å². The van der Waals surface area contributed by atoms with Crippen molar-refractivity contribution >= 4 is 11.9 Å². The van der Waals surface area contributed by atoms with Gasteiger partial charge in [-0.1, -0.05) is 38.5 Å². The molecule has 0 N–H and O–H groups in total. The van der Waals surface area contributed by atoms with Gasteiger partial charge in [0.05, 0.1) is 0 Å². The zero-order valence-electron chi connectivity index (χ0n) is 11.2. The summed E-state index contributed by atoms with van der Waals surface area (Å²) in [5.74, 6) is -1.98. The minimum Gasteiger partial charge on any atom is -0.550 e. The minimum atomic E-state index is -0.852. The second kappa shape index (κ2) is 10.3. The van der Waals surface area contributed by atoms with Crippen LogP contribution in [-0.4, -0.2) is 11.9 Å². The molecule has 0 aromatic carbocycles. The van der Waals surface area contributed by atoms with Gasteiger partial charge in [-0.3, -0.25) is 0 Å². The van der Waals surface area contributed by atoms with Crippen molar-refractivity contribution in [2.24, 2.45) is 11.8 Å². The van der Waals surface area contributed by atoms with Crippen molar-refractivity contribution in [3.63, 3.8) is 0 Å². The molecule has 0 amide bonds. The van der Waals surface area contributed by atoms with Crippen LogP contribution in [0.4, 0.5) is 0 Å². The molecule has 19 heavy (non-hydrogen) atoms. The molecular weight excluding hydrogens is 287 g/mol. The Morgan fingerprint density at radius 2 is 0.895 bits per heavy atom. The summed E-state index contributed by atoms with van der Waals surface area (Å²) in [5.41, 5.74) is 0.